The Labute approximate surface area is 143 Å². The van der Waals surface area contributed by atoms with Crippen LogP contribution in [0.15, 0.2) is 48.5 Å². The van der Waals surface area contributed by atoms with E-state index < -0.39 is 0 Å². The van der Waals surface area contributed by atoms with E-state index in [1.54, 1.807) is 7.11 Å². The Morgan fingerprint density at radius 3 is 2.92 bits per heavy atom. The van der Waals surface area contributed by atoms with Gasteiger partial charge in [-0.15, -0.1) is 0 Å². The zero-order valence-corrected chi connectivity index (χ0v) is 14.3. The number of benzene rings is 2. The predicted molar refractivity (Wildman–Crippen MR) is 95.0 cm³/mol. The lowest BCUT2D eigenvalue weighted by molar-refractivity contribution is -0.123. The summed E-state index contributed by atoms with van der Waals surface area (Å²) in [6, 6.07) is 16.6. The van der Waals surface area contributed by atoms with Crippen molar-refractivity contribution in [2.45, 2.75) is 25.9 Å². The van der Waals surface area contributed by atoms with E-state index in [1.165, 1.54) is 11.1 Å². The molecule has 2 aromatic rings. The lowest BCUT2D eigenvalue weighted by atomic mass is 9.94. The zero-order chi connectivity index (χ0) is 16.9. The van der Waals surface area contributed by atoms with Crippen molar-refractivity contribution >= 4 is 5.91 Å². The van der Waals surface area contributed by atoms with Crippen LogP contribution in [0.4, 0.5) is 0 Å². The second-order valence-electron chi connectivity index (χ2n) is 6.22. The summed E-state index contributed by atoms with van der Waals surface area (Å²) in [5.74, 6) is 0.868. The molecule has 24 heavy (non-hydrogen) atoms. The van der Waals surface area contributed by atoms with E-state index in [2.05, 4.69) is 41.4 Å². The number of hydrogen-bond donors (Lipinski definition) is 1. The molecule has 4 nitrogen and oxygen atoms in total. The molecular formula is C20H24N2O2. The van der Waals surface area contributed by atoms with Gasteiger partial charge in [-0.05, 0) is 42.2 Å². The number of nitrogens with one attached hydrogen (secondary N) is 1. The molecule has 0 fully saturated rings. The van der Waals surface area contributed by atoms with Crippen molar-refractivity contribution in [1.29, 1.82) is 0 Å². The van der Waals surface area contributed by atoms with Crippen LogP contribution in [0.25, 0.3) is 0 Å². The fraction of sp³-hybridized carbons (Fsp3) is 0.350. The molecule has 4 heteroatoms. The fourth-order valence-corrected chi connectivity index (χ4v) is 3.26. The summed E-state index contributed by atoms with van der Waals surface area (Å²) in [5, 5.41) is 3.01. The van der Waals surface area contributed by atoms with Gasteiger partial charge in [0.25, 0.3) is 0 Å². The number of hydrogen-bond acceptors (Lipinski definition) is 3. The van der Waals surface area contributed by atoms with E-state index in [9.17, 15) is 4.79 Å². The van der Waals surface area contributed by atoms with Gasteiger partial charge in [0.15, 0.2) is 0 Å². The molecule has 1 aliphatic heterocycles. The molecule has 0 aliphatic carbocycles. The second-order valence-corrected chi connectivity index (χ2v) is 6.22. The van der Waals surface area contributed by atoms with E-state index >= 15 is 0 Å². The van der Waals surface area contributed by atoms with Crippen molar-refractivity contribution in [3.05, 3.63) is 65.2 Å². The average Bonchev–Trinajstić information content (AvgIpc) is 2.63. The topological polar surface area (TPSA) is 41.6 Å². The zero-order valence-electron chi connectivity index (χ0n) is 14.3. The smallest absolute Gasteiger partial charge is 0.234 e. The van der Waals surface area contributed by atoms with Gasteiger partial charge in [0.1, 0.15) is 5.75 Å². The predicted octanol–water partition coefficient (Wildman–Crippen LogP) is 2.93. The average molecular weight is 324 g/mol. The van der Waals surface area contributed by atoms with Gasteiger partial charge in [0.2, 0.25) is 5.91 Å². The maximum absolute atomic E-state index is 12.3. The minimum Gasteiger partial charge on any atom is -0.497 e. The SMILES string of the molecule is COc1cccc(CNC(=O)CN2CCc3ccccc3C2C)c1. The Kier molecular flexibility index (Phi) is 5.16. The maximum atomic E-state index is 12.3. The summed E-state index contributed by atoms with van der Waals surface area (Å²) in [4.78, 5) is 14.6. The Hall–Kier alpha value is -2.33. The number of ether oxygens (including phenoxy) is 1. The highest BCUT2D eigenvalue weighted by Gasteiger charge is 2.24. The van der Waals surface area contributed by atoms with E-state index in [0.717, 1.165) is 24.3 Å². The van der Waals surface area contributed by atoms with Crippen LogP contribution in [0.1, 0.15) is 29.7 Å². The molecule has 1 amide bonds. The van der Waals surface area contributed by atoms with Gasteiger partial charge >= 0.3 is 0 Å². The van der Waals surface area contributed by atoms with Crippen molar-refractivity contribution in [2.75, 3.05) is 20.2 Å². The molecule has 3 rings (SSSR count). The van der Waals surface area contributed by atoms with Crippen LogP contribution in [-0.2, 0) is 17.8 Å². The highest BCUT2D eigenvalue weighted by molar-refractivity contribution is 5.78. The van der Waals surface area contributed by atoms with Crippen LogP contribution < -0.4 is 10.1 Å². The minimum atomic E-state index is 0.0593. The number of amides is 1. The molecular weight excluding hydrogens is 300 g/mol. The first-order valence-corrected chi connectivity index (χ1v) is 8.39. The Morgan fingerprint density at radius 1 is 1.25 bits per heavy atom. The molecule has 126 valence electrons. The molecule has 0 saturated carbocycles. The summed E-state index contributed by atoms with van der Waals surface area (Å²) in [6.07, 6.45) is 1.00. The van der Waals surface area contributed by atoms with Gasteiger partial charge in [-0.25, -0.2) is 0 Å². The van der Waals surface area contributed by atoms with E-state index in [0.29, 0.717) is 13.1 Å². The van der Waals surface area contributed by atoms with Crippen LogP contribution in [0.5, 0.6) is 5.75 Å². The molecule has 0 aromatic heterocycles. The molecule has 0 saturated heterocycles. The molecule has 2 aromatic carbocycles. The molecule has 1 aliphatic rings. The quantitative estimate of drug-likeness (QED) is 0.919. The molecule has 0 bridgehead atoms. The second kappa shape index (κ2) is 7.49. The lowest BCUT2D eigenvalue weighted by Gasteiger charge is -2.34. The van der Waals surface area contributed by atoms with Gasteiger partial charge in [-0.2, -0.15) is 0 Å². The van der Waals surface area contributed by atoms with Gasteiger partial charge in [-0.3, -0.25) is 9.69 Å². The normalized spacial score (nSPS) is 17.2. The summed E-state index contributed by atoms with van der Waals surface area (Å²) < 4.78 is 5.21. The Bertz CT molecular complexity index is 714. The molecule has 1 atom stereocenters. The van der Waals surface area contributed by atoms with Crippen LogP contribution >= 0.6 is 0 Å². The van der Waals surface area contributed by atoms with Gasteiger partial charge in [0.05, 0.1) is 13.7 Å². The standard InChI is InChI=1S/C20H24N2O2/c1-15-19-9-4-3-7-17(19)10-11-22(15)14-20(23)21-13-16-6-5-8-18(12-16)24-2/h3-9,12,15H,10-11,13-14H2,1-2H3,(H,21,23). The number of carbonyl (C=O) groups excluding carboxylic acids is 1. The summed E-state index contributed by atoms with van der Waals surface area (Å²) >= 11 is 0. The first kappa shape index (κ1) is 16.5. The minimum absolute atomic E-state index is 0.0593. The third kappa shape index (κ3) is 3.77. The largest absolute Gasteiger partial charge is 0.497 e. The van der Waals surface area contributed by atoms with Crippen LogP contribution in [0.2, 0.25) is 0 Å². The number of fused-ring (bicyclic) bond motifs is 1. The third-order valence-corrected chi connectivity index (χ3v) is 4.69. The monoisotopic (exact) mass is 324 g/mol. The highest BCUT2D eigenvalue weighted by atomic mass is 16.5. The van der Waals surface area contributed by atoms with Crippen molar-refractivity contribution in [3.63, 3.8) is 0 Å². The van der Waals surface area contributed by atoms with E-state index in [-0.39, 0.29) is 11.9 Å². The van der Waals surface area contributed by atoms with Gasteiger partial charge in [-0.1, -0.05) is 36.4 Å². The third-order valence-electron chi connectivity index (χ3n) is 4.69. The molecule has 0 spiro atoms. The van der Waals surface area contributed by atoms with Crippen LogP contribution in [-0.4, -0.2) is 31.0 Å². The summed E-state index contributed by atoms with van der Waals surface area (Å²) in [6.45, 7) is 4.05. The molecule has 0 radical (unpaired) electrons. The number of methoxy groups -OCH3 is 1. The highest BCUT2D eigenvalue weighted by Crippen LogP contribution is 2.28. The van der Waals surface area contributed by atoms with Crippen LogP contribution in [0, 0.1) is 0 Å². The van der Waals surface area contributed by atoms with Crippen molar-refractivity contribution < 1.29 is 9.53 Å². The summed E-state index contributed by atoms with van der Waals surface area (Å²) in [7, 11) is 1.65. The number of carbonyl (C=O) groups is 1. The van der Waals surface area contributed by atoms with Gasteiger partial charge in [0, 0.05) is 19.1 Å². The number of nitrogens with zero attached hydrogens (tertiary/aromatic N) is 1. The van der Waals surface area contributed by atoms with Gasteiger partial charge < -0.3 is 10.1 Å². The van der Waals surface area contributed by atoms with Crippen molar-refractivity contribution in [1.82, 2.24) is 10.2 Å². The van der Waals surface area contributed by atoms with E-state index in [4.69, 9.17) is 4.74 Å². The first-order chi connectivity index (χ1) is 11.7. The molecule has 1 heterocycles. The Morgan fingerprint density at radius 2 is 2.08 bits per heavy atom. The first-order valence-electron chi connectivity index (χ1n) is 8.39. The van der Waals surface area contributed by atoms with Crippen LogP contribution in [0.3, 0.4) is 0 Å². The summed E-state index contributed by atoms with van der Waals surface area (Å²) in [5.41, 5.74) is 3.78. The fourth-order valence-electron chi connectivity index (χ4n) is 3.26. The van der Waals surface area contributed by atoms with Crippen molar-refractivity contribution in [2.24, 2.45) is 0 Å². The van der Waals surface area contributed by atoms with E-state index in [1.807, 2.05) is 24.3 Å². The maximum Gasteiger partial charge on any atom is 0.234 e. The molecule has 1 unspecified atom stereocenters. The number of rotatable bonds is 5. The molecule has 1 N–H and O–H groups in total. The lowest BCUT2D eigenvalue weighted by Crippen LogP contribution is -2.41. The van der Waals surface area contributed by atoms with Crippen molar-refractivity contribution in [3.8, 4) is 5.75 Å². The Balaban J connectivity index is 1.55.